The van der Waals surface area contributed by atoms with Crippen molar-refractivity contribution in [1.29, 1.82) is 0 Å². The van der Waals surface area contributed by atoms with Gasteiger partial charge in [-0.25, -0.2) is 0 Å². The maximum Gasteiger partial charge on any atom is 0.0353 e. The van der Waals surface area contributed by atoms with Gasteiger partial charge < -0.3 is 10.2 Å². The minimum absolute atomic E-state index is 0.319. The van der Waals surface area contributed by atoms with E-state index in [0.29, 0.717) is 11.6 Å². The van der Waals surface area contributed by atoms with Crippen LogP contribution in [0.2, 0.25) is 0 Å². The van der Waals surface area contributed by atoms with Gasteiger partial charge in [0.1, 0.15) is 0 Å². The molecule has 1 N–H and O–H groups in total. The van der Waals surface area contributed by atoms with E-state index < -0.39 is 0 Å². The first-order chi connectivity index (χ1) is 9.55. The van der Waals surface area contributed by atoms with Crippen molar-refractivity contribution in [2.45, 2.75) is 84.2 Å². The van der Waals surface area contributed by atoms with Crippen molar-refractivity contribution >= 4 is 0 Å². The quantitative estimate of drug-likeness (QED) is 0.714. The van der Waals surface area contributed by atoms with Gasteiger partial charge in [0.25, 0.3) is 0 Å². The third kappa shape index (κ3) is 3.76. The van der Waals surface area contributed by atoms with E-state index in [1.807, 2.05) is 0 Å². The molecule has 1 saturated carbocycles. The molecule has 0 amide bonds. The number of hydrogen-bond donors (Lipinski definition) is 1. The maximum absolute atomic E-state index is 3.87. The van der Waals surface area contributed by atoms with Crippen LogP contribution in [0.15, 0.2) is 0 Å². The largest absolute Gasteiger partial charge is 0.312 e. The van der Waals surface area contributed by atoms with Gasteiger partial charge in [0.15, 0.2) is 0 Å². The molecule has 0 aromatic rings. The summed E-state index contributed by atoms with van der Waals surface area (Å²) >= 11 is 0. The summed E-state index contributed by atoms with van der Waals surface area (Å²) in [7, 11) is 4.55. The van der Waals surface area contributed by atoms with Crippen LogP contribution in [0.25, 0.3) is 0 Å². The molecular weight excluding hydrogens is 244 g/mol. The van der Waals surface area contributed by atoms with Crippen LogP contribution in [-0.4, -0.2) is 37.1 Å². The minimum atomic E-state index is 0.319. The molecule has 0 aliphatic heterocycles. The molecule has 0 aromatic heterocycles. The number of nitrogens with one attached hydrogen (secondary N) is 1. The van der Waals surface area contributed by atoms with Gasteiger partial charge in [0, 0.05) is 11.6 Å². The monoisotopic (exact) mass is 282 g/mol. The van der Waals surface area contributed by atoms with Gasteiger partial charge in [-0.15, -0.1) is 0 Å². The Balaban J connectivity index is 2.86. The predicted molar refractivity (Wildman–Crippen MR) is 90.2 cm³/mol. The molecule has 1 aliphatic carbocycles. The second-order valence-electron chi connectivity index (χ2n) is 6.93. The molecule has 1 atom stereocenters. The van der Waals surface area contributed by atoms with Crippen molar-refractivity contribution < 1.29 is 0 Å². The Morgan fingerprint density at radius 2 is 1.55 bits per heavy atom. The SMILES string of the molecule is CCNC(C1CCC(CC)CC1)C(CC)(CC)N(C)C. The van der Waals surface area contributed by atoms with E-state index in [1.54, 1.807) is 0 Å². The van der Waals surface area contributed by atoms with Gasteiger partial charge in [0.05, 0.1) is 0 Å². The highest BCUT2D eigenvalue weighted by molar-refractivity contribution is 5.01. The minimum Gasteiger partial charge on any atom is -0.312 e. The molecule has 20 heavy (non-hydrogen) atoms. The number of rotatable bonds is 8. The molecule has 0 aromatic carbocycles. The van der Waals surface area contributed by atoms with Crippen molar-refractivity contribution in [3.8, 4) is 0 Å². The lowest BCUT2D eigenvalue weighted by Crippen LogP contribution is -2.61. The Labute approximate surface area is 127 Å². The molecule has 2 nitrogen and oxygen atoms in total. The maximum atomic E-state index is 3.87. The summed E-state index contributed by atoms with van der Waals surface area (Å²) in [6.07, 6.45) is 9.58. The molecule has 2 heteroatoms. The van der Waals surface area contributed by atoms with E-state index in [0.717, 1.165) is 18.4 Å². The van der Waals surface area contributed by atoms with Crippen LogP contribution in [0.5, 0.6) is 0 Å². The molecule has 0 radical (unpaired) electrons. The lowest BCUT2D eigenvalue weighted by atomic mass is 9.69. The molecule has 1 unspecified atom stereocenters. The summed E-state index contributed by atoms with van der Waals surface area (Å²) in [6.45, 7) is 10.4. The summed E-state index contributed by atoms with van der Waals surface area (Å²) in [5, 5.41) is 3.87. The first kappa shape index (κ1) is 18.0. The summed E-state index contributed by atoms with van der Waals surface area (Å²) in [6, 6.07) is 0.648. The third-order valence-corrected chi connectivity index (χ3v) is 6.06. The van der Waals surface area contributed by atoms with Crippen LogP contribution in [0, 0.1) is 11.8 Å². The highest BCUT2D eigenvalue weighted by atomic mass is 15.2. The molecule has 1 fully saturated rings. The van der Waals surface area contributed by atoms with Crippen LogP contribution in [0.3, 0.4) is 0 Å². The highest BCUT2D eigenvalue weighted by Crippen LogP contribution is 2.39. The first-order valence-electron chi connectivity index (χ1n) is 8.96. The molecule has 0 heterocycles. The molecule has 120 valence electrons. The fourth-order valence-electron chi connectivity index (χ4n) is 4.55. The Morgan fingerprint density at radius 1 is 1.00 bits per heavy atom. The van der Waals surface area contributed by atoms with E-state index >= 15 is 0 Å². The van der Waals surface area contributed by atoms with Gasteiger partial charge in [-0.2, -0.15) is 0 Å². The van der Waals surface area contributed by atoms with Crippen LogP contribution < -0.4 is 5.32 Å². The number of hydrogen-bond acceptors (Lipinski definition) is 2. The zero-order valence-electron chi connectivity index (χ0n) is 14.8. The molecule has 1 aliphatic rings. The van der Waals surface area contributed by atoms with Crippen molar-refractivity contribution in [2.24, 2.45) is 11.8 Å². The summed E-state index contributed by atoms with van der Waals surface area (Å²) < 4.78 is 0. The predicted octanol–water partition coefficient (Wildman–Crippen LogP) is 4.30. The topological polar surface area (TPSA) is 15.3 Å². The van der Waals surface area contributed by atoms with E-state index in [2.05, 4.69) is 52.0 Å². The standard InChI is InChI=1S/C18H38N2/c1-7-15-11-13-16(14-12-15)17(19-10-4)18(8-2,9-3)20(5)6/h15-17,19H,7-14H2,1-6H3. The fraction of sp³-hybridized carbons (Fsp3) is 1.00. The van der Waals surface area contributed by atoms with Crippen molar-refractivity contribution in [1.82, 2.24) is 10.2 Å². The van der Waals surface area contributed by atoms with E-state index in [9.17, 15) is 0 Å². The summed E-state index contributed by atoms with van der Waals surface area (Å²) in [5.41, 5.74) is 0.319. The average Bonchev–Trinajstić information content (AvgIpc) is 2.48. The van der Waals surface area contributed by atoms with Crippen molar-refractivity contribution in [3.63, 3.8) is 0 Å². The molecule has 1 rings (SSSR count). The van der Waals surface area contributed by atoms with E-state index in [1.165, 1.54) is 44.9 Å². The Kier molecular flexibility index (Phi) is 7.53. The summed E-state index contributed by atoms with van der Waals surface area (Å²) in [5.74, 6) is 1.85. The zero-order valence-corrected chi connectivity index (χ0v) is 14.8. The highest BCUT2D eigenvalue weighted by Gasteiger charge is 2.42. The van der Waals surface area contributed by atoms with Crippen LogP contribution in [-0.2, 0) is 0 Å². The van der Waals surface area contributed by atoms with Gasteiger partial charge >= 0.3 is 0 Å². The lowest BCUT2D eigenvalue weighted by Gasteiger charge is -2.50. The van der Waals surface area contributed by atoms with Crippen LogP contribution in [0.4, 0.5) is 0 Å². The van der Waals surface area contributed by atoms with E-state index in [-0.39, 0.29) is 0 Å². The van der Waals surface area contributed by atoms with Gasteiger partial charge in [-0.05, 0) is 58.2 Å². The zero-order chi connectivity index (χ0) is 15.2. The van der Waals surface area contributed by atoms with Crippen molar-refractivity contribution in [3.05, 3.63) is 0 Å². The Morgan fingerprint density at radius 3 is 1.90 bits per heavy atom. The van der Waals surface area contributed by atoms with E-state index in [4.69, 9.17) is 0 Å². The van der Waals surface area contributed by atoms with Crippen LogP contribution >= 0.6 is 0 Å². The van der Waals surface area contributed by atoms with Crippen LogP contribution in [0.1, 0.15) is 72.6 Å². The average molecular weight is 283 g/mol. The molecule has 0 bridgehead atoms. The first-order valence-corrected chi connectivity index (χ1v) is 8.96. The van der Waals surface area contributed by atoms with Gasteiger partial charge in [-0.3, -0.25) is 0 Å². The summed E-state index contributed by atoms with van der Waals surface area (Å²) in [4.78, 5) is 2.49. The lowest BCUT2D eigenvalue weighted by molar-refractivity contribution is 0.0439. The molecule has 0 spiro atoms. The number of nitrogens with zero attached hydrogens (tertiary/aromatic N) is 1. The number of likely N-dealkylation sites (N-methyl/N-ethyl adjacent to an activating group) is 2. The van der Waals surface area contributed by atoms with Gasteiger partial charge in [-0.1, -0.05) is 47.0 Å². The molecular formula is C18H38N2. The second kappa shape index (κ2) is 8.38. The normalized spacial score (nSPS) is 25.9. The van der Waals surface area contributed by atoms with Gasteiger partial charge in [0.2, 0.25) is 0 Å². The smallest absolute Gasteiger partial charge is 0.0353 e. The second-order valence-corrected chi connectivity index (χ2v) is 6.93. The molecule has 0 saturated heterocycles. The van der Waals surface area contributed by atoms with Crippen molar-refractivity contribution in [2.75, 3.05) is 20.6 Å². The Hall–Kier alpha value is -0.0800. The third-order valence-electron chi connectivity index (χ3n) is 6.06. The fourth-order valence-corrected chi connectivity index (χ4v) is 4.55. The Bertz CT molecular complexity index is 250.